The maximum Gasteiger partial charge on any atom is 0.0917 e. The molecule has 2 rings (SSSR count). The van der Waals surface area contributed by atoms with Gasteiger partial charge in [0.1, 0.15) is 0 Å². The predicted molar refractivity (Wildman–Crippen MR) is 79.1 cm³/mol. The van der Waals surface area contributed by atoms with E-state index in [2.05, 4.69) is 25.7 Å². The SMILES string of the molecule is OCCN1CCN(CC(O)c2cccc(Br)c2)CC1. The van der Waals surface area contributed by atoms with Gasteiger partial charge in [0.2, 0.25) is 0 Å². The van der Waals surface area contributed by atoms with E-state index >= 15 is 0 Å². The van der Waals surface area contributed by atoms with Crippen molar-refractivity contribution >= 4 is 15.9 Å². The van der Waals surface area contributed by atoms with E-state index in [-0.39, 0.29) is 6.61 Å². The molecule has 4 nitrogen and oxygen atoms in total. The molecule has 1 aromatic rings. The second-order valence-corrected chi connectivity index (χ2v) is 5.85. The normalized spacial score (nSPS) is 19.5. The maximum absolute atomic E-state index is 10.3. The number of rotatable bonds is 5. The summed E-state index contributed by atoms with van der Waals surface area (Å²) < 4.78 is 0.997. The highest BCUT2D eigenvalue weighted by Gasteiger charge is 2.19. The first kappa shape index (κ1) is 14.9. The summed E-state index contributed by atoms with van der Waals surface area (Å²) in [5.74, 6) is 0. The van der Waals surface area contributed by atoms with Crippen LogP contribution in [-0.2, 0) is 0 Å². The third-order valence-corrected chi connectivity index (χ3v) is 4.04. The van der Waals surface area contributed by atoms with Gasteiger partial charge in [-0.25, -0.2) is 0 Å². The molecule has 1 aromatic carbocycles. The summed E-state index contributed by atoms with van der Waals surface area (Å²) in [4.78, 5) is 4.53. The lowest BCUT2D eigenvalue weighted by atomic mass is 10.1. The van der Waals surface area contributed by atoms with Gasteiger partial charge in [-0.2, -0.15) is 0 Å². The van der Waals surface area contributed by atoms with Crippen molar-refractivity contribution < 1.29 is 10.2 Å². The first-order valence-electron chi connectivity index (χ1n) is 6.68. The topological polar surface area (TPSA) is 46.9 Å². The average Bonchev–Trinajstić information content (AvgIpc) is 2.41. The molecule has 0 aromatic heterocycles. The monoisotopic (exact) mass is 328 g/mol. The average molecular weight is 329 g/mol. The fourth-order valence-electron chi connectivity index (χ4n) is 2.40. The molecule has 0 bridgehead atoms. The van der Waals surface area contributed by atoms with E-state index in [1.54, 1.807) is 0 Å². The lowest BCUT2D eigenvalue weighted by Gasteiger charge is -2.35. The molecule has 106 valence electrons. The molecule has 1 atom stereocenters. The van der Waals surface area contributed by atoms with Gasteiger partial charge in [-0.1, -0.05) is 28.1 Å². The fourth-order valence-corrected chi connectivity index (χ4v) is 2.82. The van der Waals surface area contributed by atoms with Crippen LogP contribution < -0.4 is 0 Å². The molecular weight excluding hydrogens is 308 g/mol. The van der Waals surface area contributed by atoms with Crippen LogP contribution in [-0.4, -0.2) is 65.9 Å². The molecule has 1 unspecified atom stereocenters. The number of nitrogens with zero attached hydrogens (tertiary/aromatic N) is 2. The Labute approximate surface area is 122 Å². The molecule has 0 aliphatic carbocycles. The van der Waals surface area contributed by atoms with E-state index in [4.69, 9.17) is 5.11 Å². The van der Waals surface area contributed by atoms with Crippen LogP contribution in [0.4, 0.5) is 0 Å². The van der Waals surface area contributed by atoms with Crippen LogP contribution in [0.2, 0.25) is 0 Å². The van der Waals surface area contributed by atoms with Crippen LogP contribution in [0.1, 0.15) is 11.7 Å². The highest BCUT2D eigenvalue weighted by atomic mass is 79.9. The van der Waals surface area contributed by atoms with Crippen LogP contribution in [0.25, 0.3) is 0 Å². The van der Waals surface area contributed by atoms with Crippen LogP contribution in [0, 0.1) is 0 Å². The van der Waals surface area contributed by atoms with Crippen molar-refractivity contribution in [2.24, 2.45) is 0 Å². The summed E-state index contributed by atoms with van der Waals surface area (Å²) in [6, 6.07) is 7.83. The zero-order valence-electron chi connectivity index (χ0n) is 11.0. The van der Waals surface area contributed by atoms with Gasteiger partial charge in [0, 0.05) is 43.7 Å². The second kappa shape index (κ2) is 7.36. The molecule has 1 saturated heterocycles. The first-order chi connectivity index (χ1) is 9.19. The van der Waals surface area contributed by atoms with Gasteiger partial charge < -0.3 is 10.2 Å². The van der Waals surface area contributed by atoms with Gasteiger partial charge in [0.25, 0.3) is 0 Å². The van der Waals surface area contributed by atoms with Gasteiger partial charge in [-0.15, -0.1) is 0 Å². The smallest absolute Gasteiger partial charge is 0.0917 e. The van der Waals surface area contributed by atoms with Crippen LogP contribution >= 0.6 is 15.9 Å². The summed E-state index contributed by atoms with van der Waals surface area (Å²) in [6.07, 6.45) is -0.443. The van der Waals surface area contributed by atoms with Crippen molar-refractivity contribution in [3.05, 3.63) is 34.3 Å². The molecule has 5 heteroatoms. The number of aliphatic hydroxyl groups is 2. The lowest BCUT2D eigenvalue weighted by Crippen LogP contribution is -2.48. The van der Waals surface area contributed by atoms with Crippen LogP contribution in [0.5, 0.6) is 0 Å². The molecule has 2 N–H and O–H groups in total. The molecule has 0 amide bonds. The molecule has 0 spiro atoms. The molecule has 1 fully saturated rings. The summed E-state index contributed by atoms with van der Waals surface area (Å²) in [7, 11) is 0. The van der Waals surface area contributed by atoms with Crippen molar-refractivity contribution in [3.63, 3.8) is 0 Å². The Hall–Kier alpha value is -0.460. The van der Waals surface area contributed by atoms with Crippen molar-refractivity contribution in [3.8, 4) is 0 Å². The zero-order valence-corrected chi connectivity index (χ0v) is 12.6. The third-order valence-electron chi connectivity index (χ3n) is 3.55. The van der Waals surface area contributed by atoms with E-state index < -0.39 is 6.10 Å². The standard InChI is InChI=1S/C14H21BrN2O2/c15-13-3-1-2-12(10-13)14(19)11-17-6-4-16(5-7-17)8-9-18/h1-3,10,14,18-19H,4-9,11H2. The third kappa shape index (κ3) is 4.54. The second-order valence-electron chi connectivity index (χ2n) is 4.94. The Morgan fingerprint density at radius 2 is 1.84 bits per heavy atom. The number of piperazine rings is 1. The van der Waals surface area contributed by atoms with Crippen molar-refractivity contribution in [2.45, 2.75) is 6.10 Å². The summed E-state index contributed by atoms with van der Waals surface area (Å²) in [6.45, 7) is 5.47. The molecule has 0 radical (unpaired) electrons. The number of halogens is 1. The Kier molecular flexibility index (Phi) is 5.78. The Morgan fingerprint density at radius 3 is 2.47 bits per heavy atom. The maximum atomic E-state index is 10.3. The highest BCUT2D eigenvalue weighted by Crippen LogP contribution is 2.19. The molecule has 1 aliphatic heterocycles. The summed E-state index contributed by atoms with van der Waals surface area (Å²) in [5, 5.41) is 19.2. The highest BCUT2D eigenvalue weighted by molar-refractivity contribution is 9.10. The molecule has 0 saturated carbocycles. The van der Waals surface area contributed by atoms with E-state index in [0.717, 1.165) is 42.8 Å². The van der Waals surface area contributed by atoms with Crippen molar-refractivity contribution in [2.75, 3.05) is 45.9 Å². The lowest BCUT2D eigenvalue weighted by molar-refractivity contribution is 0.0661. The Bertz CT molecular complexity index is 395. The summed E-state index contributed by atoms with van der Waals surface area (Å²) in [5.41, 5.74) is 0.951. The van der Waals surface area contributed by atoms with E-state index in [1.807, 2.05) is 24.3 Å². The van der Waals surface area contributed by atoms with E-state index in [1.165, 1.54) is 0 Å². The molecule has 1 heterocycles. The number of β-amino-alcohol motifs (C(OH)–C–C–N with tert-alkyl or cyclic N) is 2. The summed E-state index contributed by atoms with van der Waals surface area (Å²) >= 11 is 3.43. The number of hydrogen-bond acceptors (Lipinski definition) is 4. The quantitative estimate of drug-likeness (QED) is 0.849. The predicted octanol–water partition coefficient (Wildman–Crippen LogP) is 1.09. The van der Waals surface area contributed by atoms with Crippen LogP contribution in [0.15, 0.2) is 28.7 Å². The number of hydrogen-bond donors (Lipinski definition) is 2. The van der Waals surface area contributed by atoms with Gasteiger partial charge in [-0.3, -0.25) is 9.80 Å². The van der Waals surface area contributed by atoms with Gasteiger partial charge in [0.05, 0.1) is 12.7 Å². The van der Waals surface area contributed by atoms with E-state index in [0.29, 0.717) is 6.54 Å². The zero-order chi connectivity index (χ0) is 13.7. The molecule has 1 aliphatic rings. The van der Waals surface area contributed by atoms with Gasteiger partial charge in [-0.05, 0) is 17.7 Å². The van der Waals surface area contributed by atoms with Crippen LogP contribution in [0.3, 0.4) is 0 Å². The minimum Gasteiger partial charge on any atom is -0.395 e. The van der Waals surface area contributed by atoms with E-state index in [9.17, 15) is 5.11 Å². The number of aliphatic hydroxyl groups excluding tert-OH is 2. The molecular formula is C14H21BrN2O2. The van der Waals surface area contributed by atoms with Crippen molar-refractivity contribution in [1.82, 2.24) is 9.80 Å². The number of benzene rings is 1. The Morgan fingerprint density at radius 1 is 1.16 bits per heavy atom. The largest absolute Gasteiger partial charge is 0.395 e. The minimum absolute atomic E-state index is 0.223. The fraction of sp³-hybridized carbons (Fsp3) is 0.571. The minimum atomic E-state index is -0.443. The van der Waals surface area contributed by atoms with Crippen molar-refractivity contribution in [1.29, 1.82) is 0 Å². The molecule has 19 heavy (non-hydrogen) atoms. The Balaban J connectivity index is 1.82. The van der Waals surface area contributed by atoms with Gasteiger partial charge >= 0.3 is 0 Å². The van der Waals surface area contributed by atoms with Gasteiger partial charge in [0.15, 0.2) is 0 Å². The first-order valence-corrected chi connectivity index (χ1v) is 7.47.